The summed E-state index contributed by atoms with van der Waals surface area (Å²) < 4.78 is 17.2. The number of aromatic nitrogens is 2. The van der Waals surface area contributed by atoms with Crippen molar-refractivity contribution in [1.82, 2.24) is 15.0 Å². The van der Waals surface area contributed by atoms with Gasteiger partial charge < -0.3 is 24.0 Å². The largest absolute Gasteiger partial charge is 0.489 e. The molecule has 0 saturated heterocycles. The number of carboxylic acid groups (broad SMARTS) is 1. The molecule has 0 unspecified atom stereocenters. The van der Waals surface area contributed by atoms with Crippen LogP contribution in [0.15, 0.2) is 47.0 Å². The Bertz CT molecular complexity index is 1210. The van der Waals surface area contributed by atoms with Crippen molar-refractivity contribution >= 4 is 12.1 Å². The standard InChI is InChI=1S/C27H31N3O6/c1-17-22(16-34-27(33)30(3)15-19-8-5-4-6-9-19)25(36-29-17)23-12-13-24(18(2)28-23)35-21-11-7-10-20(14-21)26(31)32/h4-6,8-9,12-13,20-21H,7,10-11,14-16H2,1-3H3,(H,31,32)/t20-,21-/m0/s1. The molecule has 2 heterocycles. The summed E-state index contributed by atoms with van der Waals surface area (Å²) in [4.78, 5) is 30.0. The second-order valence-electron chi connectivity index (χ2n) is 9.19. The Morgan fingerprint density at radius 1 is 1.11 bits per heavy atom. The van der Waals surface area contributed by atoms with Crippen LogP contribution in [-0.4, -0.2) is 45.4 Å². The van der Waals surface area contributed by atoms with Gasteiger partial charge in [0.25, 0.3) is 0 Å². The van der Waals surface area contributed by atoms with Gasteiger partial charge in [0.15, 0.2) is 5.76 Å². The molecule has 1 N–H and O–H groups in total. The van der Waals surface area contributed by atoms with E-state index in [-0.39, 0.29) is 18.6 Å². The molecule has 1 fully saturated rings. The van der Waals surface area contributed by atoms with E-state index in [2.05, 4.69) is 10.1 Å². The van der Waals surface area contributed by atoms with Crippen molar-refractivity contribution in [3.63, 3.8) is 0 Å². The third-order valence-corrected chi connectivity index (χ3v) is 6.44. The fourth-order valence-corrected chi connectivity index (χ4v) is 4.38. The number of carbonyl (C=O) groups excluding carboxylic acids is 1. The van der Waals surface area contributed by atoms with Crippen molar-refractivity contribution in [3.8, 4) is 17.2 Å². The predicted molar refractivity (Wildman–Crippen MR) is 131 cm³/mol. The van der Waals surface area contributed by atoms with Crippen molar-refractivity contribution in [3.05, 3.63) is 65.0 Å². The highest BCUT2D eigenvalue weighted by molar-refractivity contribution is 5.70. The zero-order chi connectivity index (χ0) is 25.7. The molecule has 1 amide bonds. The van der Waals surface area contributed by atoms with E-state index in [1.165, 1.54) is 4.90 Å². The molecular weight excluding hydrogens is 462 g/mol. The van der Waals surface area contributed by atoms with Crippen molar-refractivity contribution in [2.45, 2.75) is 58.8 Å². The van der Waals surface area contributed by atoms with Crippen LogP contribution in [0.25, 0.3) is 11.5 Å². The second-order valence-corrected chi connectivity index (χ2v) is 9.19. The number of hydrogen-bond donors (Lipinski definition) is 1. The molecule has 1 aliphatic rings. The van der Waals surface area contributed by atoms with Gasteiger partial charge in [0.05, 0.1) is 29.0 Å². The van der Waals surface area contributed by atoms with Crippen molar-refractivity contribution in [2.24, 2.45) is 5.92 Å². The molecule has 1 aliphatic carbocycles. The van der Waals surface area contributed by atoms with Crippen LogP contribution < -0.4 is 4.74 Å². The third-order valence-electron chi connectivity index (χ3n) is 6.44. The van der Waals surface area contributed by atoms with Gasteiger partial charge in [0.1, 0.15) is 18.1 Å². The van der Waals surface area contributed by atoms with Gasteiger partial charge in [-0.25, -0.2) is 9.78 Å². The quantitative estimate of drug-likeness (QED) is 0.458. The topological polar surface area (TPSA) is 115 Å². The lowest BCUT2D eigenvalue weighted by Gasteiger charge is -2.27. The van der Waals surface area contributed by atoms with E-state index < -0.39 is 12.1 Å². The maximum absolute atomic E-state index is 12.5. The van der Waals surface area contributed by atoms with Crippen LogP contribution in [-0.2, 0) is 22.7 Å². The monoisotopic (exact) mass is 493 g/mol. The number of amides is 1. The highest BCUT2D eigenvalue weighted by atomic mass is 16.6. The van der Waals surface area contributed by atoms with Gasteiger partial charge in [-0.05, 0) is 57.2 Å². The summed E-state index contributed by atoms with van der Waals surface area (Å²) in [6.45, 7) is 4.06. The van der Waals surface area contributed by atoms with Gasteiger partial charge in [-0.15, -0.1) is 0 Å². The Morgan fingerprint density at radius 2 is 1.89 bits per heavy atom. The minimum absolute atomic E-state index is 0.000258. The lowest BCUT2D eigenvalue weighted by molar-refractivity contribution is -0.143. The van der Waals surface area contributed by atoms with Crippen LogP contribution in [0.2, 0.25) is 0 Å². The van der Waals surface area contributed by atoms with Gasteiger partial charge in [-0.3, -0.25) is 4.79 Å². The zero-order valence-electron chi connectivity index (χ0n) is 20.8. The maximum Gasteiger partial charge on any atom is 0.410 e. The van der Waals surface area contributed by atoms with Crippen molar-refractivity contribution < 1.29 is 28.7 Å². The fourth-order valence-electron chi connectivity index (χ4n) is 4.38. The highest BCUT2D eigenvalue weighted by Crippen LogP contribution is 2.32. The molecule has 2 aromatic heterocycles. The molecule has 9 heteroatoms. The first-order valence-corrected chi connectivity index (χ1v) is 12.1. The van der Waals surface area contributed by atoms with E-state index in [1.54, 1.807) is 20.0 Å². The Morgan fingerprint density at radius 3 is 2.61 bits per heavy atom. The molecule has 1 aromatic carbocycles. The number of carbonyl (C=O) groups is 2. The minimum Gasteiger partial charge on any atom is -0.489 e. The van der Waals surface area contributed by atoms with E-state index in [9.17, 15) is 14.7 Å². The SMILES string of the molecule is Cc1nc(-c2onc(C)c2COC(=O)N(C)Cc2ccccc2)ccc1O[C@H]1CCC[C@H](C(=O)O)C1. The number of aliphatic carboxylic acids is 1. The first-order valence-electron chi connectivity index (χ1n) is 12.1. The second kappa shape index (κ2) is 11.2. The van der Waals surface area contributed by atoms with Crippen molar-refractivity contribution in [1.29, 1.82) is 0 Å². The summed E-state index contributed by atoms with van der Waals surface area (Å²) >= 11 is 0. The van der Waals surface area contributed by atoms with Crippen LogP contribution in [0.1, 0.15) is 48.2 Å². The number of carboxylic acids is 1. The Hall–Kier alpha value is -3.88. The average molecular weight is 494 g/mol. The summed E-state index contributed by atoms with van der Waals surface area (Å²) in [5.41, 5.74) is 3.48. The van der Waals surface area contributed by atoms with E-state index in [0.29, 0.717) is 53.5 Å². The van der Waals surface area contributed by atoms with Crippen molar-refractivity contribution in [2.75, 3.05) is 7.05 Å². The summed E-state index contributed by atoms with van der Waals surface area (Å²) in [6.07, 6.45) is 2.22. The number of hydrogen-bond acceptors (Lipinski definition) is 7. The number of aryl methyl sites for hydroxylation is 2. The van der Waals surface area contributed by atoms with E-state index in [4.69, 9.17) is 14.0 Å². The Kier molecular flexibility index (Phi) is 7.87. The molecule has 0 radical (unpaired) electrons. The molecule has 0 spiro atoms. The molecule has 9 nitrogen and oxygen atoms in total. The number of pyridine rings is 1. The molecule has 0 bridgehead atoms. The smallest absolute Gasteiger partial charge is 0.410 e. The lowest BCUT2D eigenvalue weighted by Crippen LogP contribution is -2.29. The summed E-state index contributed by atoms with van der Waals surface area (Å²) in [5, 5.41) is 13.4. The average Bonchev–Trinajstić information content (AvgIpc) is 3.24. The molecule has 2 atom stereocenters. The number of benzene rings is 1. The zero-order valence-corrected chi connectivity index (χ0v) is 20.8. The summed E-state index contributed by atoms with van der Waals surface area (Å²) in [5.74, 6) is -0.0926. The van der Waals surface area contributed by atoms with Gasteiger partial charge >= 0.3 is 12.1 Å². The molecular formula is C27H31N3O6. The first-order chi connectivity index (χ1) is 17.3. The molecule has 1 saturated carbocycles. The van der Waals surface area contributed by atoms with E-state index >= 15 is 0 Å². The van der Waals surface area contributed by atoms with Gasteiger partial charge in [-0.2, -0.15) is 0 Å². The summed E-state index contributed by atoms with van der Waals surface area (Å²) in [6, 6.07) is 13.3. The van der Waals surface area contributed by atoms with E-state index in [1.807, 2.05) is 43.3 Å². The molecule has 4 rings (SSSR count). The minimum atomic E-state index is -0.770. The van der Waals surface area contributed by atoms with E-state index in [0.717, 1.165) is 18.4 Å². The molecule has 0 aliphatic heterocycles. The van der Waals surface area contributed by atoms with Crippen LogP contribution in [0.3, 0.4) is 0 Å². The van der Waals surface area contributed by atoms with Gasteiger partial charge in [0.2, 0.25) is 0 Å². The van der Waals surface area contributed by atoms with Crippen LogP contribution in [0.4, 0.5) is 4.79 Å². The Labute approximate surface area is 210 Å². The van der Waals surface area contributed by atoms with Crippen LogP contribution >= 0.6 is 0 Å². The number of ether oxygens (including phenoxy) is 2. The highest BCUT2D eigenvalue weighted by Gasteiger charge is 2.28. The summed E-state index contributed by atoms with van der Waals surface area (Å²) in [7, 11) is 1.69. The maximum atomic E-state index is 12.5. The van der Waals surface area contributed by atoms with Crippen LogP contribution in [0.5, 0.6) is 5.75 Å². The third kappa shape index (κ3) is 6.02. The number of nitrogens with zero attached hydrogens (tertiary/aromatic N) is 3. The van der Waals surface area contributed by atoms with Crippen LogP contribution in [0, 0.1) is 19.8 Å². The fraction of sp³-hybridized carbons (Fsp3) is 0.407. The predicted octanol–water partition coefficient (Wildman–Crippen LogP) is 5.14. The Balaban J connectivity index is 1.41. The normalized spacial score (nSPS) is 17.4. The number of rotatable bonds is 8. The van der Waals surface area contributed by atoms with Gasteiger partial charge in [0, 0.05) is 13.6 Å². The molecule has 3 aromatic rings. The first kappa shape index (κ1) is 25.2. The molecule has 36 heavy (non-hydrogen) atoms. The molecule has 190 valence electrons. The van der Waals surface area contributed by atoms with Gasteiger partial charge in [-0.1, -0.05) is 35.5 Å². The lowest BCUT2D eigenvalue weighted by atomic mass is 9.87.